The number of ether oxygens (including phenoxy) is 1. The van der Waals surface area contributed by atoms with Crippen LogP contribution in [0.5, 0.6) is 0 Å². The molecule has 0 aliphatic carbocycles. The lowest BCUT2D eigenvalue weighted by Crippen LogP contribution is -2.45. The fourth-order valence-electron chi connectivity index (χ4n) is 3.31. The van der Waals surface area contributed by atoms with Crippen molar-refractivity contribution >= 4 is 11.9 Å². The predicted molar refractivity (Wildman–Crippen MR) is 93.7 cm³/mol. The zero-order valence-electron chi connectivity index (χ0n) is 15.8. The number of rotatable bonds is 4. The molecule has 1 heterocycles. The maximum atomic E-state index is 12.5. The highest BCUT2D eigenvalue weighted by atomic mass is 19.4. The van der Waals surface area contributed by atoms with Gasteiger partial charge in [0.15, 0.2) is 6.61 Å². The van der Waals surface area contributed by atoms with Gasteiger partial charge < -0.3 is 14.5 Å². The molecule has 1 amide bonds. The van der Waals surface area contributed by atoms with Gasteiger partial charge in [-0.1, -0.05) is 31.2 Å². The standard InChI is InChI=1S/C19H25F3N2O3/c1-13-7-8-16(15-6-4-5-14(9-15)11-23(2)3)24(10-13)17(25)18(26)27-12-19(20,21)22/h4-6,9,13,16H,7-8,10-12H2,1-3H3/t13-,16+/m0/s1. The van der Waals surface area contributed by atoms with Crippen LogP contribution in [-0.4, -0.2) is 55.1 Å². The monoisotopic (exact) mass is 386 g/mol. The van der Waals surface area contributed by atoms with Gasteiger partial charge in [-0.25, -0.2) is 4.79 Å². The zero-order chi connectivity index (χ0) is 20.2. The summed E-state index contributed by atoms with van der Waals surface area (Å²) in [7, 11) is 3.89. The van der Waals surface area contributed by atoms with Gasteiger partial charge in [-0.3, -0.25) is 4.79 Å². The second-order valence-electron chi connectivity index (χ2n) is 7.33. The van der Waals surface area contributed by atoms with E-state index < -0.39 is 24.7 Å². The summed E-state index contributed by atoms with van der Waals surface area (Å²) in [5.41, 5.74) is 1.93. The van der Waals surface area contributed by atoms with Crippen LogP contribution in [0, 0.1) is 5.92 Å². The lowest BCUT2D eigenvalue weighted by Gasteiger charge is -2.38. The largest absolute Gasteiger partial charge is 0.449 e. The van der Waals surface area contributed by atoms with Crippen LogP contribution in [0.2, 0.25) is 0 Å². The second-order valence-corrected chi connectivity index (χ2v) is 7.33. The fourth-order valence-corrected chi connectivity index (χ4v) is 3.31. The Bertz CT molecular complexity index is 676. The van der Waals surface area contributed by atoms with Gasteiger partial charge in [-0.15, -0.1) is 0 Å². The van der Waals surface area contributed by atoms with Crippen molar-refractivity contribution in [3.63, 3.8) is 0 Å². The van der Waals surface area contributed by atoms with Crippen molar-refractivity contribution in [3.8, 4) is 0 Å². The third kappa shape index (κ3) is 6.23. The van der Waals surface area contributed by atoms with Gasteiger partial charge in [0.1, 0.15) is 0 Å². The van der Waals surface area contributed by atoms with Crippen LogP contribution in [0.25, 0.3) is 0 Å². The molecule has 5 nitrogen and oxygen atoms in total. The second kappa shape index (κ2) is 8.73. The molecule has 0 bridgehead atoms. The average molecular weight is 386 g/mol. The molecule has 0 spiro atoms. The molecule has 1 aromatic carbocycles. The molecule has 2 atom stereocenters. The Morgan fingerprint density at radius 3 is 2.59 bits per heavy atom. The molecule has 1 saturated heterocycles. The third-order valence-corrected chi connectivity index (χ3v) is 4.45. The van der Waals surface area contributed by atoms with E-state index >= 15 is 0 Å². The maximum Gasteiger partial charge on any atom is 0.422 e. The number of carbonyl (C=O) groups excluding carboxylic acids is 2. The van der Waals surface area contributed by atoms with E-state index in [2.05, 4.69) is 4.74 Å². The first-order valence-electron chi connectivity index (χ1n) is 8.85. The Kier molecular flexibility index (Phi) is 6.86. The van der Waals surface area contributed by atoms with Gasteiger partial charge in [-0.2, -0.15) is 13.2 Å². The van der Waals surface area contributed by atoms with Crippen molar-refractivity contribution in [2.45, 2.75) is 38.5 Å². The number of nitrogens with zero attached hydrogens (tertiary/aromatic N) is 2. The quantitative estimate of drug-likeness (QED) is 0.589. The van der Waals surface area contributed by atoms with Gasteiger partial charge in [0, 0.05) is 13.1 Å². The summed E-state index contributed by atoms with van der Waals surface area (Å²) in [6, 6.07) is 7.35. The highest BCUT2D eigenvalue weighted by Gasteiger charge is 2.37. The van der Waals surface area contributed by atoms with Gasteiger partial charge in [-0.05, 0) is 44.0 Å². The molecule has 0 saturated carbocycles. The number of hydrogen-bond acceptors (Lipinski definition) is 4. The van der Waals surface area contributed by atoms with Crippen LogP contribution in [-0.2, 0) is 20.9 Å². The zero-order valence-corrected chi connectivity index (χ0v) is 15.8. The lowest BCUT2D eigenvalue weighted by atomic mass is 9.89. The number of esters is 1. The van der Waals surface area contributed by atoms with Crippen molar-refractivity contribution in [2.75, 3.05) is 27.2 Å². The molecule has 27 heavy (non-hydrogen) atoms. The number of halogens is 3. The minimum Gasteiger partial charge on any atom is -0.449 e. The topological polar surface area (TPSA) is 49.9 Å². The molecule has 1 aliphatic rings. The first kappa shape index (κ1) is 21.2. The molecule has 1 aromatic rings. The number of alkyl halides is 3. The molecule has 0 aromatic heterocycles. The lowest BCUT2D eigenvalue weighted by molar-refractivity contribution is -0.190. The number of benzene rings is 1. The Morgan fingerprint density at radius 1 is 1.26 bits per heavy atom. The average Bonchev–Trinajstić information content (AvgIpc) is 2.58. The molecule has 1 fully saturated rings. The van der Waals surface area contributed by atoms with Crippen LogP contribution in [0.3, 0.4) is 0 Å². The van der Waals surface area contributed by atoms with Crippen LogP contribution >= 0.6 is 0 Å². The summed E-state index contributed by atoms with van der Waals surface area (Å²) < 4.78 is 41.0. The van der Waals surface area contributed by atoms with Gasteiger partial charge in [0.25, 0.3) is 0 Å². The first-order chi connectivity index (χ1) is 12.6. The van der Waals surface area contributed by atoms with Gasteiger partial charge in [0.05, 0.1) is 6.04 Å². The first-order valence-corrected chi connectivity index (χ1v) is 8.85. The fraction of sp³-hybridized carbons (Fsp3) is 0.579. The Labute approximate surface area is 157 Å². The van der Waals surface area contributed by atoms with Crippen molar-refractivity contribution in [1.29, 1.82) is 0 Å². The van der Waals surface area contributed by atoms with Gasteiger partial charge in [0.2, 0.25) is 0 Å². The number of hydrogen-bond donors (Lipinski definition) is 0. The summed E-state index contributed by atoms with van der Waals surface area (Å²) in [6.07, 6.45) is -3.15. The molecule has 2 rings (SSSR count). The third-order valence-electron chi connectivity index (χ3n) is 4.45. The summed E-state index contributed by atoms with van der Waals surface area (Å²) >= 11 is 0. The van der Waals surface area contributed by atoms with Crippen LogP contribution in [0.1, 0.15) is 36.9 Å². The van der Waals surface area contributed by atoms with E-state index in [0.717, 1.165) is 24.1 Å². The number of likely N-dealkylation sites (tertiary alicyclic amines) is 1. The van der Waals surface area contributed by atoms with Crippen molar-refractivity contribution < 1.29 is 27.5 Å². The SMILES string of the molecule is C[C@H]1CC[C@H](c2cccc(CN(C)C)c2)N(C(=O)C(=O)OCC(F)(F)F)C1. The smallest absolute Gasteiger partial charge is 0.422 e. The molecule has 0 unspecified atom stereocenters. The van der Waals surface area contributed by atoms with E-state index in [1.165, 1.54) is 4.90 Å². The minimum atomic E-state index is -4.66. The number of piperidine rings is 1. The van der Waals surface area contributed by atoms with E-state index in [0.29, 0.717) is 13.0 Å². The normalized spacial score (nSPS) is 20.6. The number of amides is 1. The Balaban J connectivity index is 2.19. The van der Waals surface area contributed by atoms with Crippen LogP contribution in [0.15, 0.2) is 24.3 Å². The Morgan fingerprint density at radius 2 is 1.96 bits per heavy atom. The minimum absolute atomic E-state index is 0.158. The van der Waals surface area contributed by atoms with Gasteiger partial charge >= 0.3 is 18.1 Å². The van der Waals surface area contributed by atoms with Crippen molar-refractivity contribution in [3.05, 3.63) is 35.4 Å². The van der Waals surface area contributed by atoms with Crippen molar-refractivity contribution in [1.82, 2.24) is 9.80 Å². The molecule has 150 valence electrons. The van der Waals surface area contributed by atoms with E-state index in [1.807, 2.05) is 50.2 Å². The number of carbonyl (C=O) groups is 2. The molecule has 8 heteroatoms. The summed E-state index contributed by atoms with van der Waals surface area (Å²) in [4.78, 5) is 27.7. The van der Waals surface area contributed by atoms with E-state index in [1.54, 1.807) is 0 Å². The molecular weight excluding hydrogens is 361 g/mol. The van der Waals surface area contributed by atoms with E-state index in [9.17, 15) is 22.8 Å². The van der Waals surface area contributed by atoms with Crippen molar-refractivity contribution in [2.24, 2.45) is 5.92 Å². The summed E-state index contributed by atoms with van der Waals surface area (Å²) in [5.74, 6) is -2.32. The summed E-state index contributed by atoms with van der Waals surface area (Å²) in [5, 5.41) is 0. The summed E-state index contributed by atoms with van der Waals surface area (Å²) in [6.45, 7) is 1.21. The van der Waals surface area contributed by atoms with E-state index in [-0.39, 0.29) is 12.0 Å². The highest BCUT2D eigenvalue weighted by molar-refractivity contribution is 6.32. The van der Waals surface area contributed by atoms with Crippen LogP contribution in [0.4, 0.5) is 13.2 Å². The molecule has 1 aliphatic heterocycles. The Hall–Kier alpha value is -2.09. The molecule has 0 N–H and O–H groups in total. The highest BCUT2D eigenvalue weighted by Crippen LogP contribution is 2.34. The van der Waals surface area contributed by atoms with E-state index in [4.69, 9.17) is 0 Å². The predicted octanol–water partition coefficient (Wildman–Crippen LogP) is 3.15. The molecular formula is C19H25F3N2O3. The van der Waals surface area contributed by atoms with Crippen LogP contribution < -0.4 is 0 Å². The molecule has 0 radical (unpaired) electrons. The maximum absolute atomic E-state index is 12.5.